The van der Waals surface area contributed by atoms with E-state index in [0.29, 0.717) is 17.7 Å². The van der Waals surface area contributed by atoms with E-state index in [0.717, 1.165) is 17.5 Å². The zero-order valence-electron chi connectivity index (χ0n) is 10.4. The summed E-state index contributed by atoms with van der Waals surface area (Å²) in [4.78, 5) is 11.6. The Morgan fingerprint density at radius 3 is 2.79 bits per heavy atom. The van der Waals surface area contributed by atoms with E-state index in [1.807, 2.05) is 12.1 Å². The van der Waals surface area contributed by atoms with Gasteiger partial charge < -0.3 is 4.74 Å². The van der Waals surface area contributed by atoms with Crippen LogP contribution in [0, 0.1) is 5.82 Å². The molecule has 0 amide bonds. The molecule has 0 heterocycles. The fourth-order valence-corrected chi connectivity index (χ4v) is 2.28. The van der Waals surface area contributed by atoms with E-state index in [2.05, 4.69) is 0 Å². The monoisotopic (exact) mass is 256 g/mol. The van der Waals surface area contributed by atoms with E-state index in [4.69, 9.17) is 4.74 Å². The third kappa shape index (κ3) is 2.36. The second-order valence-electron chi connectivity index (χ2n) is 4.62. The van der Waals surface area contributed by atoms with Crippen LogP contribution in [-0.2, 0) is 13.0 Å². The molecule has 0 radical (unpaired) electrons. The highest BCUT2D eigenvalue weighted by molar-refractivity contribution is 6.00. The van der Waals surface area contributed by atoms with E-state index >= 15 is 0 Å². The van der Waals surface area contributed by atoms with Crippen LogP contribution in [-0.4, -0.2) is 5.78 Å². The molecular weight excluding hydrogens is 243 g/mol. The fraction of sp³-hybridized carbons (Fsp3) is 0.188. The first kappa shape index (κ1) is 11.9. The topological polar surface area (TPSA) is 26.3 Å². The lowest BCUT2D eigenvalue weighted by Crippen LogP contribution is -1.99. The molecule has 96 valence electrons. The van der Waals surface area contributed by atoms with Gasteiger partial charge in [-0.25, -0.2) is 4.39 Å². The van der Waals surface area contributed by atoms with Crippen LogP contribution in [0.25, 0.3) is 0 Å². The van der Waals surface area contributed by atoms with E-state index in [1.165, 1.54) is 6.07 Å². The maximum Gasteiger partial charge on any atom is 0.163 e. The highest BCUT2D eigenvalue weighted by atomic mass is 19.1. The number of benzene rings is 2. The van der Waals surface area contributed by atoms with Gasteiger partial charge in [0.15, 0.2) is 5.78 Å². The molecule has 2 aromatic rings. The van der Waals surface area contributed by atoms with Crippen LogP contribution in [0.1, 0.15) is 27.9 Å². The fourth-order valence-electron chi connectivity index (χ4n) is 2.28. The largest absolute Gasteiger partial charge is 0.489 e. The summed E-state index contributed by atoms with van der Waals surface area (Å²) in [5.74, 6) is 0.489. The van der Waals surface area contributed by atoms with Crippen LogP contribution in [0.3, 0.4) is 0 Å². The van der Waals surface area contributed by atoms with Crippen molar-refractivity contribution in [1.82, 2.24) is 0 Å². The van der Waals surface area contributed by atoms with Crippen molar-refractivity contribution in [2.75, 3.05) is 0 Å². The number of carbonyl (C=O) groups excluding carboxylic acids is 1. The number of ether oxygens (including phenoxy) is 1. The van der Waals surface area contributed by atoms with Gasteiger partial charge in [-0.3, -0.25) is 4.79 Å². The van der Waals surface area contributed by atoms with Crippen LogP contribution in [0.2, 0.25) is 0 Å². The lowest BCUT2D eigenvalue weighted by molar-refractivity contribution is 0.0994. The van der Waals surface area contributed by atoms with E-state index < -0.39 is 0 Å². The smallest absolute Gasteiger partial charge is 0.163 e. The summed E-state index contributed by atoms with van der Waals surface area (Å²) in [5, 5.41) is 0. The van der Waals surface area contributed by atoms with Gasteiger partial charge in [-0.15, -0.1) is 0 Å². The molecule has 0 aromatic heterocycles. The zero-order chi connectivity index (χ0) is 13.2. The maximum absolute atomic E-state index is 13.4. The van der Waals surface area contributed by atoms with Crippen LogP contribution in [0.15, 0.2) is 42.5 Å². The second-order valence-corrected chi connectivity index (χ2v) is 4.62. The van der Waals surface area contributed by atoms with Crippen molar-refractivity contribution in [3.63, 3.8) is 0 Å². The summed E-state index contributed by atoms with van der Waals surface area (Å²) >= 11 is 0. The first-order valence-corrected chi connectivity index (χ1v) is 6.26. The van der Waals surface area contributed by atoms with Gasteiger partial charge >= 0.3 is 0 Å². The molecule has 1 aliphatic rings. The minimum Gasteiger partial charge on any atom is -0.489 e. The van der Waals surface area contributed by atoms with Gasteiger partial charge in [-0.2, -0.15) is 0 Å². The average Bonchev–Trinajstić information content (AvgIpc) is 2.79. The van der Waals surface area contributed by atoms with E-state index in [1.54, 1.807) is 24.3 Å². The Kier molecular flexibility index (Phi) is 3.03. The lowest BCUT2D eigenvalue weighted by atomic mass is 10.1. The van der Waals surface area contributed by atoms with Gasteiger partial charge in [-0.05, 0) is 30.2 Å². The van der Waals surface area contributed by atoms with Crippen LogP contribution in [0.5, 0.6) is 5.75 Å². The van der Waals surface area contributed by atoms with Crippen molar-refractivity contribution in [3.8, 4) is 5.75 Å². The second kappa shape index (κ2) is 4.84. The molecule has 0 unspecified atom stereocenters. The van der Waals surface area contributed by atoms with Gasteiger partial charge in [0.05, 0.1) is 0 Å². The highest BCUT2D eigenvalue weighted by Crippen LogP contribution is 2.26. The third-order valence-electron chi connectivity index (χ3n) is 3.36. The SMILES string of the molecule is O=C1CCc2ccc(OCc3ccccc3F)cc21. The van der Waals surface area contributed by atoms with E-state index in [-0.39, 0.29) is 18.2 Å². The molecule has 2 nitrogen and oxygen atoms in total. The number of aryl methyl sites for hydroxylation is 1. The highest BCUT2D eigenvalue weighted by Gasteiger charge is 2.19. The van der Waals surface area contributed by atoms with Crippen molar-refractivity contribution >= 4 is 5.78 Å². The standard InChI is InChI=1S/C16H13FO2/c17-15-4-2-1-3-12(15)10-19-13-7-5-11-6-8-16(18)14(11)9-13/h1-5,7,9H,6,8,10H2. The average molecular weight is 256 g/mol. The van der Waals surface area contributed by atoms with Gasteiger partial charge in [-0.1, -0.05) is 24.3 Å². The predicted molar refractivity (Wildman–Crippen MR) is 69.8 cm³/mol. The van der Waals surface area contributed by atoms with Crippen molar-refractivity contribution in [2.45, 2.75) is 19.4 Å². The zero-order valence-corrected chi connectivity index (χ0v) is 10.4. The quantitative estimate of drug-likeness (QED) is 0.839. The number of carbonyl (C=O) groups is 1. The molecular formula is C16H13FO2. The number of fused-ring (bicyclic) bond motifs is 1. The normalized spacial score (nSPS) is 13.4. The number of Topliss-reactive ketones (excluding diaryl/α,β-unsaturated/α-hetero) is 1. The van der Waals surface area contributed by atoms with Crippen molar-refractivity contribution < 1.29 is 13.9 Å². The Hall–Kier alpha value is -2.16. The van der Waals surface area contributed by atoms with Crippen molar-refractivity contribution in [2.24, 2.45) is 0 Å². The molecule has 0 saturated carbocycles. The number of rotatable bonds is 3. The number of hydrogen-bond donors (Lipinski definition) is 0. The van der Waals surface area contributed by atoms with Crippen molar-refractivity contribution in [3.05, 3.63) is 65.0 Å². The number of hydrogen-bond acceptors (Lipinski definition) is 2. The maximum atomic E-state index is 13.4. The third-order valence-corrected chi connectivity index (χ3v) is 3.36. The predicted octanol–water partition coefficient (Wildman–Crippen LogP) is 3.53. The van der Waals surface area contributed by atoms with Gasteiger partial charge in [0.25, 0.3) is 0 Å². The number of halogens is 1. The molecule has 0 N–H and O–H groups in total. The summed E-state index contributed by atoms with van der Waals surface area (Å²) in [5.41, 5.74) is 2.32. The minimum atomic E-state index is -0.278. The van der Waals surface area contributed by atoms with Crippen molar-refractivity contribution in [1.29, 1.82) is 0 Å². The van der Waals surface area contributed by atoms with E-state index in [9.17, 15) is 9.18 Å². The molecule has 0 spiro atoms. The molecule has 2 aromatic carbocycles. The summed E-state index contributed by atoms with van der Waals surface area (Å²) in [7, 11) is 0. The summed E-state index contributed by atoms with van der Waals surface area (Å²) in [6, 6.07) is 12.0. The molecule has 0 bridgehead atoms. The molecule has 3 heteroatoms. The summed E-state index contributed by atoms with van der Waals surface area (Å²) in [6.45, 7) is 0.166. The lowest BCUT2D eigenvalue weighted by Gasteiger charge is -2.08. The number of ketones is 1. The Morgan fingerprint density at radius 1 is 1.11 bits per heavy atom. The Morgan fingerprint density at radius 2 is 1.95 bits per heavy atom. The van der Waals surface area contributed by atoms with Crippen LogP contribution >= 0.6 is 0 Å². The molecule has 1 aliphatic carbocycles. The Bertz CT molecular complexity index is 634. The molecule has 0 atom stereocenters. The first-order chi connectivity index (χ1) is 9.24. The first-order valence-electron chi connectivity index (χ1n) is 6.26. The van der Waals surface area contributed by atoms with Gasteiger partial charge in [0.2, 0.25) is 0 Å². The molecule has 3 rings (SSSR count). The van der Waals surface area contributed by atoms with Gasteiger partial charge in [0, 0.05) is 17.5 Å². The Balaban J connectivity index is 1.76. The van der Waals surface area contributed by atoms with Gasteiger partial charge in [0.1, 0.15) is 18.2 Å². The minimum absolute atomic E-state index is 0.159. The molecule has 0 aliphatic heterocycles. The Labute approximate surface area is 110 Å². The molecule has 0 fully saturated rings. The molecule has 0 saturated heterocycles. The van der Waals surface area contributed by atoms with Crippen LogP contribution < -0.4 is 4.74 Å². The summed E-state index contributed by atoms with van der Waals surface area (Å²) < 4.78 is 19.0. The molecule has 19 heavy (non-hydrogen) atoms. The summed E-state index contributed by atoms with van der Waals surface area (Å²) in [6.07, 6.45) is 1.38. The van der Waals surface area contributed by atoms with Crippen LogP contribution in [0.4, 0.5) is 4.39 Å².